The molecule has 2 heterocycles. The van der Waals surface area contributed by atoms with Crippen LogP contribution in [-0.4, -0.2) is 31.8 Å². The van der Waals surface area contributed by atoms with Crippen LogP contribution in [0.25, 0.3) is 0 Å². The van der Waals surface area contributed by atoms with Crippen LogP contribution in [-0.2, 0) is 0 Å². The number of hydrogen-bond acceptors (Lipinski definition) is 4. The zero-order chi connectivity index (χ0) is 11.2. The van der Waals surface area contributed by atoms with Crippen LogP contribution in [0.3, 0.4) is 0 Å². The summed E-state index contributed by atoms with van der Waals surface area (Å²) in [5.74, 6) is 2.20. The van der Waals surface area contributed by atoms with Gasteiger partial charge < -0.3 is 14.8 Å². The Morgan fingerprint density at radius 1 is 1.56 bits per heavy atom. The summed E-state index contributed by atoms with van der Waals surface area (Å²) >= 11 is 0. The molecule has 16 heavy (non-hydrogen) atoms. The lowest BCUT2D eigenvalue weighted by Crippen LogP contribution is -2.11. The van der Waals surface area contributed by atoms with Crippen LogP contribution in [0, 0.1) is 5.92 Å². The molecule has 0 saturated carbocycles. The van der Waals surface area contributed by atoms with Gasteiger partial charge in [-0.25, -0.2) is 4.98 Å². The summed E-state index contributed by atoms with van der Waals surface area (Å²) in [6.45, 7) is 3.04. The monoisotopic (exact) mass is 222 g/mol. The molecular weight excluding hydrogens is 204 g/mol. The minimum atomic E-state index is 0.597. The van der Waals surface area contributed by atoms with E-state index < -0.39 is 0 Å². The van der Waals surface area contributed by atoms with E-state index in [1.54, 1.807) is 13.3 Å². The zero-order valence-corrected chi connectivity index (χ0v) is 9.61. The van der Waals surface area contributed by atoms with E-state index >= 15 is 0 Å². The van der Waals surface area contributed by atoms with Gasteiger partial charge in [-0.1, -0.05) is 0 Å². The second-order valence-corrected chi connectivity index (χ2v) is 4.03. The molecule has 0 aliphatic carbocycles. The minimum absolute atomic E-state index is 0.597. The Hall–Kier alpha value is -1.29. The van der Waals surface area contributed by atoms with Gasteiger partial charge in [-0.2, -0.15) is 0 Å². The van der Waals surface area contributed by atoms with E-state index in [0.29, 0.717) is 5.88 Å². The molecule has 4 nitrogen and oxygen atoms in total. The highest BCUT2D eigenvalue weighted by Gasteiger charge is 2.13. The lowest BCUT2D eigenvalue weighted by Gasteiger charge is -2.10. The summed E-state index contributed by atoms with van der Waals surface area (Å²) in [6, 6.07) is 3.67. The standard InChI is InChI=1S/C12H18N2O2/c1-15-12-8-11(3-6-14-12)16-7-4-10-2-5-13-9-10/h3,6,8,10,13H,2,4-5,7,9H2,1H3. The lowest BCUT2D eigenvalue weighted by atomic mass is 10.1. The summed E-state index contributed by atoms with van der Waals surface area (Å²) in [5.41, 5.74) is 0. The molecule has 0 spiro atoms. The largest absolute Gasteiger partial charge is 0.493 e. The number of pyridine rings is 1. The SMILES string of the molecule is COc1cc(OCCC2CCNC2)ccn1. The summed E-state index contributed by atoms with van der Waals surface area (Å²) in [5, 5.41) is 3.35. The molecule has 1 aromatic heterocycles. The van der Waals surface area contributed by atoms with Crippen molar-refractivity contribution >= 4 is 0 Å². The molecule has 1 unspecified atom stereocenters. The number of methoxy groups -OCH3 is 1. The molecule has 1 fully saturated rings. The summed E-state index contributed by atoms with van der Waals surface area (Å²) in [6.07, 6.45) is 4.08. The Bertz CT molecular complexity index is 325. The number of rotatable bonds is 5. The highest BCUT2D eigenvalue weighted by molar-refractivity contribution is 5.25. The van der Waals surface area contributed by atoms with Gasteiger partial charge in [-0.05, 0) is 37.9 Å². The van der Waals surface area contributed by atoms with Gasteiger partial charge in [0.2, 0.25) is 5.88 Å². The fraction of sp³-hybridized carbons (Fsp3) is 0.583. The Balaban J connectivity index is 1.75. The van der Waals surface area contributed by atoms with Crippen molar-refractivity contribution in [2.75, 3.05) is 26.8 Å². The third-order valence-electron chi connectivity index (χ3n) is 2.87. The third-order valence-corrected chi connectivity index (χ3v) is 2.87. The molecule has 1 N–H and O–H groups in total. The van der Waals surface area contributed by atoms with E-state index in [0.717, 1.165) is 37.8 Å². The molecule has 0 radical (unpaired) electrons. The van der Waals surface area contributed by atoms with Gasteiger partial charge in [-0.3, -0.25) is 0 Å². The van der Waals surface area contributed by atoms with Crippen LogP contribution in [0.2, 0.25) is 0 Å². The van der Waals surface area contributed by atoms with Gasteiger partial charge in [0.1, 0.15) is 5.75 Å². The maximum Gasteiger partial charge on any atom is 0.216 e. The summed E-state index contributed by atoms with van der Waals surface area (Å²) < 4.78 is 10.7. The van der Waals surface area contributed by atoms with Gasteiger partial charge >= 0.3 is 0 Å². The number of hydrogen-bond donors (Lipinski definition) is 1. The number of ether oxygens (including phenoxy) is 2. The molecule has 0 aromatic carbocycles. The fourth-order valence-electron chi connectivity index (χ4n) is 1.90. The average Bonchev–Trinajstić information content (AvgIpc) is 2.82. The zero-order valence-electron chi connectivity index (χ0n) is 9.61. The molecule has 1 aliphatic heterocycles. The van der Waals surface area contributed by atoms with Crippen molar-refractivity contribution in [1.29, 1.82) is 0 Å². The van der Waals surface area contributed by atoms with E-state index in [1.807, 2.05) is 12.1 Å². The molecule has 4 heteroatoms. The molecule has 0 bridgehead atoms. The number of aromatic nitrogens is 1. The average molecular weight is 222 g/mol. The van der Waals surface area contributed by atoms with Crippen LogP contribution < -0.4 is 14.8 Å². The van der Waals surface area contributed by atoms with Gasteiger partial charge in [0, 0.05) is 12.3 Å². The molecule has 1 saturated heterocycles. The first-order chi connectivity index (χ1) is 7.88. The van der Waals surface area contributed by atoms with E-state index in [-0.39, 0.29) is 0 Å². The first kappa shape index (κ1) is 11.2. The summed E-state index contributed by atoms with van der Waals surface area (Å²) in [7, 11) is 1.61. The maximum atomic E-state index is 5.66. The topological polar surface area (TPSA) is 43.4 Å². The van der Waals surface area contributed by atoms with E-state index in [9.17, 15) is 0 Å². The number of nitrogens with zero attached hydrogens (tertiary/aromatic N) is 1. The minimum Gasteiger partial charge on any atom is -0.493 e. The van der Waals surface area contributed by atoms with Crippen molar-refractivity contribution in [2.45, 2.75) is 12.8 Å². The van der Waals surface area contributed by atoms with Crippen molar-refractivity contribution in [2.24, 2.45) is 5.92 Å². The predicted octanol–water partition coefficient (Wildman–Crippen LogP) is 1.47. The van der Waals surface area contributed by atoms with Gasteiger partial charge in [0.15, 0.2) is 0 Å². The van der Waals surface area contributed by atoms with Crippen LogP contribution >= 0.6 is 0 Å². The van der Waals surface area contributed by atoms with Gasteiger partial charge in [-0.15, -0.1) is 0 Å². The van der Waals surface area contributed by atoms with Crippen LogP contribution in [0.5, 0.6) is 11.6 Å². The lowest BCUT2D eigenvalue weighted by molar-refractivity contribution is 0.281. The first-order valence-corrected chi connectivity index (χ1v) is 5.72. The van der Waals surface area contributed by atoms with Crippen molar-refractivity contribution in [3.63, 3.8) is 0 Å². The third kappa shape index (κ3) is 3.10. The van der Waals surface area contributed by atoms with Gasteiger partial charge in [0.25, 0.3) is 0 Å². The summed E-state index contributed by atoms with van der Waals surface area (Å²) in [4.78, 5) is 4.03. The fourth-order valence-corrected chi connectivity index (χ4v) is 1.90. The van der Waals surface area contributed by atoms with Crippen molar-refractivity contribution in [3.05, 3.63) is 18.3 Å². The quantitative estimate of drug-likeness (QED) is 0.819. The highest BCUT2D eigenvalue weighted by atomic mass is 16.5. The van der Waals surface area contributed by atoms with Crippen LogP contribution in [0.15, 0.2) is 18.3 Å². The Kier molecular flexibility index (Phi) is 3.99. The normalized spacial score (nSPS) is 19.7. The highest BCUT2D eigenvalue weighted by Crippen LogP contribution is 2.17. The Morgan fingerprint density at radius 2 is 2.50 bits per heavy atom. The molecular formula is C12H18N2O2. The molecule has 88 valence electrons. The molecule has 0 amide bonds. The maximum absolute atomic E-state index is 5.66. The Labute approximate surface area is 96.0 Å². The Morgan fingerprint density at radius 3 is 3.25 bits per heavy atom. The smallest absolute Gasteiger partial charge is 0.216 e. The number of nitrogens with one attached hydrogen (secondary N) is 1. The molecule has 2 rings (SSSR count). The van der Waals surface area contributed by atoms with E-state index in [1.165, 1.54) is 6.42 Å². The van der Waals surface area contributed by atoms with Crippen molar-refractivity contribution < 1.29 is 9.47 Å². The molecule has 1 atom stereocenters. The predicted molar refractivity (Wildman–Crippen MR) is 61.9 cm³/mol. The van der Waals surface area contributed by atoms with E-state index in [4.69, 9.17) is 9.47 Å². The van der Waals surface area contributed by atoms with Gasteiger partial charge in [0.05, 0.1) is 13.7 Å². The first-order valence-electron chi connectivity index (χ1n) is 5.72. The van der Waals surface area contributed by atoms with Crippen LogP contribution in [0.1, 0.15) is 12.8 Å². The second-order valence-electron chi connectivity index (χ2n) is 4.03. The van der Waals surface area contributed by atoms with Crippen molar-refractivity contribution in [1.82, 2.24) is 10.3 Å². The molecule has 1 aromatic rings. The van der Waals surface area contributed by atoms with Crippen molar-refractivity contribution in [3.8, 4) is 11.6 Å². The van der Waals surface area contributed by atoms with E-state index in [2.05, 4.69) is 10.3 Å². The van der Waals surface area contributed by atoms with Crippen LogP contribution in [0.4, 0.5) is 0 Å². The molecule has 1 aliphatic rings. The second kappa shape index (κ2) is 5.70.